The lowest BCUT2D eigenvalue weighted by Gasteiger charge is -2.14. The van der Waals surface area contributed by atoms with Crippen molar-refractivity contribution >= 4 is 15.7 Å². The van der Waals surface area contributed by atoms with Gasteiger partial charge in [-0.15, -0.1) is 0 Å². The smallest absolute Gasteiger partial charge is 0.255 e. The summed E-state index contributed by atoms with van der Waals surface area (Å²) in [5, 5.41) is 6.63. The fraction of sp³-hybridized carbons (Fsp3) is 0.250. The number of hydrogen-bond acceptors (Lipinski definition) is 6. The Labute approximate surface area is 178 Å². The molecule has 0 unspecified atom stereocenters. The van der Waals surface area contributed by atoms with Crippen LogP contribution in [0.1, 0.15) is 5.56 Å². The number of aromatic nitrogens is 2. The maximum atomic E-state index is 13.0. The molecule has 0 saturated heterocycles. The van der Waals surface area contributed by atoms with E-state index >= 15 is 0 Å². The Balaban J connectivity index is 1.83. The Bertz CT molecular complexity index is 1140. The number of methoxy groups -OCH3 is 2. The first kappa shape index (κ1) is 22.5. The molecule has 0 atom stereocenters. The fourth-order valence-electron chi connectivity index (χ4n) is 2.86. The van der Waals surface area contributed by atoms with Crippen LogP contribution < -0.4 is 19.5 Å². The molecule has 0 radical (unpaired) electrons. The van der Waals surface area contributed by atoms with Crippen molar-refractivity contribution in [2.45, 2.75) is 17.9 Å². The van der Waals surface area contributed by atoms with Crippen LogP contribution in [0.3, 0.4) is 0 Å². The van der Waals surface area contributed by atoms with Gasteiger partial charge in [0.2, 0.25) is 10.0 Å². The lowest BCUT2D eigenvalue weighted by atomic mass is 10.2. The van der Waals surface area contributed by atoms with Crippen molar-refractivity contribution in [3.63, 3.8) is 0 Å². The molecule has 0 aliphatic rings. The van der Waals surface area contributed by atoms with E-state index in [9.17, 15) is 17.2 Å². The van der Waals surface area contributed by atoms with Gasteiger partial charge in [0.25, 0.3) is 6.43 Å². The second-order valence-electron chi connectivity index (χ2n) is 6.42. The zero-order valence-corrected chi connectivity index (χ0v) is 17.7. The molecule has 1 aromatic heterocycles. The molecule has 11 heteroatoms. The first-order chi connectivity index (χ1) is 14.8. The summed E-state index contributed by atoms with van der Waals surface area (Å²) in [6, 6.07) is 11.3. The van der Waals surface area contributed by atoms with Crippen molar-refractivity contribution in [1.29, 1.82) is 0 Å². The summed E-state index contributed by atoms with van der Waals surface area (Å²) in [5.74, 6) is 1.07. The van der Waals surface area contributed by atoms with Gasteiger partial charge in [0, 0.05) is 18.2 Å². The van der Waals surface area contributed by atoms with Crippen LogP contribution in [0.25, 0.3) is 5.69 Å². The predicted octanol–water partition coefficient (Wildman–Crippen LogP) is 3.05. The van der Waals surface area contributed by atoms with Gasteiger partial charge in [0.1, 0.15) is 16.4 Å². The Kier molecular flexibility index (Phi) is 7.08. The molecule has 2 aromatic carbocycles. The maximum absolute atomic E-state index is 13.0. The Morgan fingerprint density at radius 3 is 2.61 bits per heavy atom. The van der Waals surface area contributed by atoms with E-state index in [1.807, 2.05) is 0 Å². The average molecular weight is 452 g/mol. The average Bonchev–Trinajstić information content (AvgIpc) is 3.25. The van der Waals surface area contributed by atoms with Gasteiger partial charge in [-0.1, -0.05) is 18.2 Å². The summed E-state index contributed by atoms with van der Waals surface area (Å²) >= 11 is 0. The first-order valence-electron chi connectivity index (χ1n) is 9.20. The second-order valence-corrected chi connectivity index (χ2v) is 8.15. The van der Waals surface area contributed by atoms with Crippen LogP contribution in [0.15, 0.2) is 59.8 Å². The first-order valence-corrected chi connectivity index (χ1v) is 10.7. The molecule has 0 spiro atoms. The van der Waals surface area contributed by atoms with Gasteiger partial charge in [0.15, 0.2) is 0 Å². The molecule has 0 bridgehead atoms. The zero-order valence-electron chi connectivity index (χ0n) is 16.9. The quantitative estimate of drug-likeness (QED) is 0.491. The highest BCUT2D eigenvalue weighted by molar-refractivity contribution is 7.89. The number of rotatable bonds is 10. The van der Waals surface area contributed by atoms with Crippen molar-refractivity contribution in [3.05, 3.63) is 60.4 Å². The Morgan fingerprint density at radius 1 is 1.13 bits per heavy atom. The summed E-state index contributed by atoms with van der Waals surface area (Å²) in [6.45, 7) is -0.541. The molecule has 0 saturated carbocycles. The van der Waals surface area contributed by atoms with E-state index in [0.29, 0.717) is 22.7 Å². The minimum Gasteiger partial charge on any atom is -0.497 e. The minimum atomic E-state index is -3.93. The van der Waals surface area contributed by atoms with E-state index in [4.69, 9.17) is 9.47 Å². The maximum Gasteiger partial charge on any atom is 0.255 e. The van der Waals surface area contributed by atoms with Crippen LogP contribution >= 0.6 is 0 Å². The molecule has 0 aliphatic carbocycles. The van der Waals surface area contributed by atoms with E-state index in [1.165, 1.54) is 37.4 Å². The van der Waals surface area contributed by atoms with Gasteiger partial charge in [-0.2, -0.15) is 5.10 Å². The van der Waals surface area contributed by atoms with Crippen molar-refractivity contribution in [3.8, 4) is 17.2 Å². The van der Waals surface area contributed by atoms with Crippen molar-refractivity contribution < 1.29 is 26.7 Å². The number of nitrogens with one attached hydrogen (secondary N) is 2. The minimum absolute atomic E-state index is 0.00834. The lowest BCUT2D eigenvalue weighted by molar-refractivity contribution is 0.163. The summed E-state index contributed by atoms with van der Waals surface area (Å²) in [6.07, 6.45) is 0.278. The van der Waals surface area contributed by atoms with Crippen LogP contribution in [0.2, 0.25) is 0 Å². The summed E-state index contributed by atoms with van der Waals surface area (Å²) < 4.78 is 65.1. The number of alkyl halides is 2. The van der Waals surface area contributed by atoms with Crippen LogP contribution in [0, 0.1) is 0 Å². The number of anilines is 1. The van der Waals surface area contributed by atoms with Gasteiger partial charge in [-0.25, -0.2) is 26.6 Å². The highest BCUT2D eigenvalue weighted by atomic mass is 32.2. The second kappa shape index (κ2) is 9.75. The normalized spacial score (nSPS) is 11.5. The van der Waals surface area contributed by atoms with Crippen LogP contribution in [0.5, 0.6) is 11.5 Å². The van der Waals surface area contributed by atoms with Gasteiger partial charge in [-0.05, 0) is 18.2 Å². The lowest BCUT2D eigenvalue weighted by Crippen LogP contribution is -2.25. The topological polar surface area (TPSA) is 94.5 Å². The SMILES string of the molecule is COc1ccc(CNS(=O)(=O)c2ccccc2-n2cc(NCC(F)F)cn2)c(OC)c1. The highest BCUT2D eigenvalue weighted by Gasteiger charge is 2.20. The largest absolute Gasteiger partial charge is 0.497 e. The molecular weight excluding hydrogens is 430 g/mol. The van der Waals surface area contributed by atoms with Crippen LogP contribution in [0.4, 0.5) is 14.5 Å². The van der Waals surface area contributed by atoms with E-state index < -0.39 is 23.0 Å². The summed E-state index contributed by atoms with van der Waals surface area (Å²) in [5.41, 5.74) is 1.26. The third-order valence-corrected chi connectivity index (χ3v) is 5.84. The predicted molar refractivity (Wildman–Crippen MR) is 112 cm³/mol. The molecule has 3 aromatic rings. The van der Waals surface area contributed by atoms with Gasteiger partial charge < -0.3 is 14.8 Å². The molecule has 0 amide bonds. The number of benzene rings is 2. The molecule has 0 fully saturated rings. The van der Waals surface area contributed by atoms with Crippen LogP contribution in [-0.4, -0.2) is 45.4 Å². The van der Waals surface area contributed by atoms with E-state index in [0.717, 1.165) is 0 Å². The molecule has 8 nitrogen and oxygen atoms in total. The third kappa shape index (κ3) is 5.50. The van der Waals surface area contributed by atoms with Crippen LogP contribution in [-0.2, 0) is 16.6 Å². The Morgan fingerprint density at radius 2 is 1.90 bits per heavy atom. The van der Waals surface area contributed by atoms with Gasteiger partial charge >= 0.3 is 0 Å². The van der Waals surface area contributed by atoms with Crippen molar-refractivity contribution in [2.75, 3.05) is 26.1 Å². The molecule has 2 N–H and O–H groups in total. The fourth-order valence-corrected chi connectivity index (χ4v) is 4.06. The molecular formula is C20H22F2N4O4S. The van der Waals surface area contributed by atoms with E-state index in [1.54, 1.807) is 36.4 Å². The molecule has 1 heterocycles. The molecule has 0 aliphatic heterocycles. The van der Waals surface area contributed by atoms with Gasteiger partial charge in [-0.3, -0.25) is 0 Å². The summed E-state index contributed by atoms with van der Waals surface area (Å²) in [4.78, 5) is -0.00834. The van der Waals surface area contributed by atoms with E-state index in [2.05, 4.69) is 15.1 Å². The monoisotopic (exact) mass is 452 g/mol. The Hall–Kier alpha value is -3.18. The van der Waals surface area contributed by atoms with E-state index in [-0.39, 0.29) is 17.1 Å². The van der Waals surface area contributed by atoms with Gasteiger partial charge in [0.05, 0.1) is 44.5 Å². The number of hydrogen-bond donors (Lipinski definition) is 2. The molecule has 3 rings (SSSR count). The number of para-hydroxylation sites is 1. The zero-order chi connectivity index (χ0) is 22.4. The third-order valence-electron chi connectivity index (χ3n) is 4.39. The number of sulfonamides is 1. The molecule has 31 heavy (non-hydrogen) atoms. The standard InChI is InChI=1S/C20H22F2N4O4S/c1-29-16-8-7-14(18(9-16)30-2)10-25-31(27,28)19-6-4-3-5-17(19)26-13-15(11-24-26)23-12-20(21)22/h3-9,11,13,20,23,25H,10,12H2,1-2H3. The highest BCUT2D eigenvalue weighted by Crippen LogP contribution is 2.26. The van der Waals surface area contributed by atoms with Crippen molar-refractivity contribution in [2.24, 2.45) is 0 Å². The van der Waals surface area contributed by atoms with Crippen molar-refractivity contribution in [1.82, 2.24) is 14.5 Å². The number of halogens is 2. The number of nitrogens with zero attached hydrogens (tertiary/aromatic N) is 2. The summed E-state index contributed by atoms with van der Waals surface area (Å²) in [7, 11) is -0.921. The number of ether oxygens (including phenoxy) is 2. The molecule has 166 valence electrons.